The molecular weight excluding hydrogens is 333 g/mol. The molecule has 11 heteroatoms. The maximum atomic E-state index is 13.0. The van der Waals surface area contributed by atoms with Crippen molar-refractivity contribution in [3.8, 4) is 0 Å². The SMILES string of the molecule is Cc1cc(NC(=O)C(F)(F)C(F)(F)C(F)(F)F)cc(Cl)n1. The number of carbonyl (C=O) groups excluding carboxylic acids is 1. The summed E-state index contributed by atoms with van der Waals surface area (Å²) >= 11 is 5.43. The number of halogens is 8. The monoisotopic (exact) mass is 338 g/mol. The minimum absolute atomic E-state index is 0.128. The van der Waals surface area contributed by atoms with Crippen molar-refractivity contribution >= 4 is 23.2 Å². The van der Waals surface area contributed by atoms with Gasteiger partial charge < -0.3 is 5.32 Å². The summed E-state index contributed by atoms with van der Waals surface area (Å²) in [7, 11) is 0. The van der Waals surface area contributed by atoms with E-state index >= 15 is 0 Å². The maximum absolute atomic E-state index is 13.0. The third kappa shape index (κ3) is 3.36. The molecule has 0 bridgehead atoms. The summed E-state index contributed by atoms with van der Waals surface area (Å²) in [5.74, 6) is -15.3. The average molecular weight is 339 g/mol. The largest absolute Gasteiger partial charge is 0.460 e. The molecule has 0 aliphatic heterocycles. The molecule has 3 nitrogen and oxygen atoms in total. The number of hydrogen-bond acceptors (Lipinski definition) is 2. The first-order chi connectivity index (χ1) is 9.29. The summed E-state index contributed by atoms with van der Waals surface area (Å²) in [5.41, 5.74) is -0.362. The molecule has 0 spiro atoms. The molecule has 0 radical (unpaired) electrons. The zero-order chi connectivity index (χ0) is 16.6. The Bertz CT molecular complexity index is 539. The Morgan fingerprint density at radius 1 is 1.14 bits per heavy atom. The van der Waals surface area contributed by atoms with Crippen LogP contribution in [0.2, 0.25) is 5.15 Å². The van der Waals surface area contributed by atoms with Gasteiger partial charge in [0.1, 0.15) is 5.15 Å². The zero-order valence-electron chi connectivity index (χ0n) is 10.0. The van der Waals surface area contributed by atoms with Crippen molar-refractivity contribution in [3.63, 3.8) is 0 Å². The Morgan fingerprint density at radius 2 is 1.67 bits per heavy atom. The second-order valence-corrected chi connectivity index (χ2v) is 4.31. The van der Waals surface area contributed by atoms with Crippen LogP contribution >= 0.6 is 11.6 Å². The van der Waals surface area contributed by atoms with Gasteiger partial charge in [0.15, 0.2) is 0 Å². The summed E-state index contributed by atoms with van der Waals surface area (Å²) < 4.78 is 87.1. The van der Waals surface area contributed by atoms with Crippen LogP contribution < -0.4 is 5.32 Å². The van der Waals surface area contributed by atoms with Crippen LogP contribution in [-0.4, -0.2) is 28.9 Å². The number of rotatable bonds is 3. The molecule has 0 saturated carbocycles. The molecule has 1 aromatic rings. The quantitative estimate of drug-likeness (QED) is 0.672. The Kier molecular flexibility index (Phi) is 4.42. The van der Waals surface area contributed by atoms with Gasteiger partial charge in [-0.05, 0) is 19.1 Å². The number of amides is 1. The van der Waals surface area contributed by atoms with E-state index in [0.29, 0.717) is 0 Å². The van der Waals surface area contributed by atoms with Crippen LogP contribution in [0.4, 0.5) is 36.4 Å². The van der Waals surface area contributed by atoms with Gasteiger partial charge in [0.25, 0.3) is 0 Å². The van der Waals surface area contributed by atoms with E-state index in [4.69, 9.17) is 11.6 Å². The van der Waals surface area contributed by atoms with Gasteiger partial charge in [0, 0.05) is 11.4 Å². The van der Waals surface area contributed by atoms with Crippen LogP contribution in [0, 0.1) is 6.92 Å². The van der Waals surface area contributed by atoms with E-state index in [2.05, 4.69) is 4.98 Å². The summed E-state index contributed by atoms with van der Waals surface area (Å²) in [5, 5.41) is 0.981. The number of pyridine rings is 1. The number of alkyl halides is 7. The molecule has 0 aliphatic rings. The van der Waals surface area contributed by atoms with E-state index in [1.54, 1.807) is 0 Å². The average Bonchev–Trinajstić information content (AvgIpc) is 2.25. The third-order valence-electron chi connectivity index (χ3n) is 2.22. The molecule has 0 aliphatic carbocycles. The summed E-state index contributed by atoms with van der Waals surface area (Å²) in [6, 6.07) is 1.78. The lowest BCUT2D eigenvalue weighted by molar-refractivity contribution is -0.343. The van der Waals surface area contributed by atoms with Crippen molar-refractivity contribution < 1.29 is 35.5 Å². The molecule has 0 saturated heterocycles. The second-order valence-electron chi connectivity index (χ2n) is 3.92. The van der Waals surface area contributed by atoms with E-state index in [0.717, 1.165) is 12.1 Å². The van der Waals surface area contributed by atoms with Crippen LogP contribution in [0.1, 0.15) is 5.69 Å². The van der Waals surface area contributed by atoms with Gasteiger partial charge in [0.05, 0.1) is 0 Å². The predicted octanol–water partition coefficient (Wildman–Crippen LogP) is 3.81. The third-order valence-corrected chi connectivity index (χ3v) is 2.41. The zero-order valence-corrected chi connectivity index (χ0v) is 10.8. The van der Waals surface area contributed by atoms with Crippen molar-refractivity contribution in [2.75, 3.05) is 5.32 Å². The van der Waals surface area contributed by atoms with Crippen molar-refractivity contribution in [1.82, 2.24) is 4.98 Å². The lowest BCUT2D eigenvalue weighted by atomic mass is 10.1. The van der Waals surface area contributed by atoms with Crippen molar-refractivity contribution in [3.05, 3.63) is 23.0 Å². The molecular formula is C10H6ClF7N2O. The van der Waals surface area contributed by atoms with Crippen LogP contribution in [0.15, 0.2) is 12.1 Å². The van der Waals surface area contributed by atoms with E-state index in [-0.39, 0.29) is 10.8 Å². The molecule has 1 heterocycles. The Hall–Kier alpha value is -1.58. The fourth-order valence-electron chi connectivity index (χ4n) is 1.23. The number of nitrogens with one attached hydrogen (secondary N) is 1. The Labute approximate surface area is 118 Å². The van der Waals surface area contributed by atoms with Crippen LogP contribution in [-0.2, 0) is 4.79 Å². The Balaban J connectivity index is 3.07. The fourth-order valence-corrected chi connectivity index (χ4v) is 1.48. The van der Waals surface area contributed by atoms with E-state index in [1.165, 1.54) is 12.2 Å². The fraction of sp³-hybridized carbons (Fsp3) is 0.400. The van der Waals surface area contributed by atoms with E-state index in [9.17, 15) is 35.5 Å². The number of carbonyl (C=O) groups is 1. The van der Waals surface area contributed by atoms with Crippen LogP contribution in [0.25, 0.3) is 0 Å². The van der Waals surface area contributed by atoms with Gasteiger partial charge in [-0.25, -0.2) is 4.98 Å². The first-order valence-electron chi connectivity index (χ1n) is 5.07. The molecule has 21 heavy (non-hydrogen) atoms. The summed E-state index contributed by atoms with van der Waals surface area (Å²) in [6.45, 7) is 1.34. The number of hydrogen-bond donors (Lipinski definition) is 1. The van der Waals surface area contributed by atoms with Gasteiger partial charge >= 0.3 is 23.9 Å². The number of anilines is 1. The topological polar surface area (TPSA) is 42.0 Å². The summed E-state index contributed by atoms with van der Waals surface area (Å²) in [6.07, 6.45) is -6.58. The predicted molar refractivity (Wildman–Crippen MR) is 58.6 cm³/mol. The second kappa shape index (κ2) is 5.32. The normalized spacial score (nSPS) is 13.2. The van der Waals surface area contributed by atoms with Crippen molar-refractivity contribution in [1.29, 1.82) is 0 Å². The molecule has 1 aromatic heterocycles. The van der Waals surface area contributed by atoms with Gasteiger partial charge in [-0.2, -0.15) is 30.7 Å². The maximum Gasteiger partial charge on any atom is 0.460 e. The minimum Gasteiger partial charge on any atom is -0.320 e. The van der Waals surface area contributed by atoms with Crippen LogP contribution in [0.5, 0.6) is 0 Å². The molecule has 0 aromatic carbocycles. The highest BCUT2D eigenvalue weighted by Crippen LogP contribution is 2.46. The molecule has 1 rings (SSSR count). The number of nitrogens with zero attached hydrogens (tertiary/aromatic N) is 1. The minimum atomic E-state index is -6.58. The standard InChI is InChI=1S/C10H6ClF7N2O/c1-4-2-5(3-6(11)19-4)20-7(21)8(12,13)9(14,15)10(16,17)18/h2-3H,1H3,(H,19,20,21). The van der Waals surface area contributed by atoms with Gasteiger partial charge in [-0.3, -0.25) is 4.79 Å². The molecule has 118 valence electrons. The molecule has 0 unspecified atom stereocenters. The molecule has 1 N–H and O–H groups in total. The first-order valence-corrected chi connectivity index (χ1v) is 5.45. The highest BCUT2D eigenvalue weighted by atomic mass is 35.5. The Morgan fingerprint density at radius 3 is 2.10 bits per heavy atom. The molecule has 1 amide bonds. The molecule has 0 fully saturated rings. The van der Waals surface area contributed by atoms with Crippen molar-refractivity contribution in [2.45, 2.75) is 24.9 Å². The smallest absolute Gasteiger partial charge is 0.320 e. The van der Waals surface area contributed by atoms with Gasteiger partial charge in [-0.15, -0.1) is 0 Å². The van der Waals surface area contributed by atoms with Gasteiger partial charge in [-0.1, -0.05) is 11.6 Å². The van der Waals surface area contributed by atoms with E-state index in [1.807, 2.05) is 0 Å². The van der Waals surface area contributed by atoms with Crippen molar-refractivity contribution in [2.24, 2.45) is 0 Å². The highest BCUT2D eigenvalue weighted by Gasteiger charge is 2.76. The summed E-state index contributed by atoms with van der Waals surface area (Å²) in [4.78, 5) is 14.6. The lowest BCUT2D eigenvalue weighted by Gasteiger charge is -2.27. The first kappa shape index (κ1) is 17.5. The molecule has 0 atom stereocenters. The van der Waals surface area contributed by atoms with E-state index < -0.39 is 29.6 Å². The number of aryl methyl sites for hydroxylation is 1. The number of aromatic nitrogens is 1. The lowest BCUT2D eigenvalue weighted by Crippen LogP contribution is -2.57. The van der Waals surface area contributed by atoms with Gasteiger partial charge in [0.2, 0.25) is 0 Å². The highest BCUT2D eigenvalue weighted by molar-refractivity contribution is 6.29. The van der Waals surface area contributed by atoms with Crippen LogP contribution in [0.3, 0.4) is 0 Å².